The summed E-state index contributed by atoms with van der Waals surface area (Å²) in [5.74, 6) is 1.82. The lowest BCUT2D eigenvalue weighted by atomic mass is 9.80. The zero-order valence-electron chi connectivity index (χ0n) is 14.1. The predicted molar refractivity (Wildman–Crippen MR) is 96.9 cm³/mol. The van der Waals surface area contributed by atoms with Gasteiger partial charge in [-0.1, -0.05) is 6.07 Å². The lowest BCUT2D eigenvalue weighted by Gasteiger charge is -2.37. The van der Waals surface area contributed by atoms with Crippen LogP contribution in [0.3, 0.4) is 0 Å². The number of piperidine rings is 1. The van der Waals surface area contributed by atoms with E-state index in [-0.39, 0.29) is 0 Å². The lowest BCUT2D eigenvalue weighted by molar-refractivity contribution is 0.0297. The standard InChI is InChI=1S/C19H25N3OS/c1-2-8-20-18(3-1)19-21-13-17(24-19)14-22-9-4-15(5-10-22)16-6-11-23-12-7-16/h1-3,8,13,15-16H,4-7,9-12,14H2. The molecule has 2 aromatic heterocycles. The van der Waals surface area contributed by atoms with Crippen LogP contribution in [0.1, 0.15) is 30.6 Å². The van der Waals surface area contributed by atoms with Crippen LogP contribution in [0.5, 0.6) is 0 Å². The van der Waals surface area contributed by atoms with Gasteiger partial charge in [0, 0.05) is 37.0 Å². The second-order valence-electron chi connectivity index (χ2n) is 6.91. The van der Waals surface area contributed by atoms with Gasteiger partial charge in [-0.3, -0.25) is 9.88 Å². The predicted octanol–water partition coefficient (Wildman–Crippen LogP) is 3.84. The van der Waals surface area contributed by atoms with Gasteiger partial charge in [-0.05, 0) is 62.7 Å². The first-order chi connectivity index (χ1) is 11.9. The highest BCUT2D eigenvalue weighted by atomic mass is 32.1. The Bertz CT molecular complexity index is 631. The normalized spacial score (nSPS) is 21.2. The molecular formula is C19H25N3OS. The average molecular weight is 343 g/mol. The Kier molecular flexibility index (Phi) is 5.21. The Morgan fingerprint density at radius 1 is 1.04 bits per heavy atom. The smallest absolute Gasteiger partial charge is 0.142 e. The number of pyridine rings is 1. The number of likely N-dealkylation sites (tertiary alicyclic amines) is 1. The van der Waals surface area contributed by atoms with Gasteiger partial charge in [0.25, 0.3) is 0 Å². The minimum absolute atomic E-state index is 0.903. The van der Waals surface area contributed by atoms with Crippen molar-refractivity contribution in [3.8, 4) is 10.7 Å². The van der Waals surface area contributed by atoms with E-state index in [1.807, 2.05) is 30.6 Å². The minimum atomic E-state index is 0.903. The third-order valence-corrected chi connectivity index (χ3v) is 6.39. The highest BCUT2D eigenvalue weighted by molar-refractivity contribution is 7.14. The fourth-order valence-electron chi connectivity index (χ4n) is 3.98. The molecule has 0 bridgehead atoms. The Balaban J connectivity index is 1.30. The Morgan fingerprint density at radius 2 is 1.83 bits per heavy atom. The maximum absolute atomic E-state index is 5.51. The molecular weight excluding hydrogens is 318 g/mol. The molecule has 2 aliphatic heterocycles. The highest BCUT2D eigenvalue weighted by Crippen LogP contribution is 2.32. The molecule has 5 heteroatoms. The van der Waals surface area contributed by atoms with Crippen molar-refractivity contribution in [2.75, 3.05) is 26.3 Å². The Labute approximate surface area is 147 Å². The summed E-state index contributed by atoms with van der Waals surface area (Å²) in [7, 11) is 0. The van der Waals surface area contributed by atoms with Gasteiger partial charge in [-0.2, -0.15) is 0 Å². The summed E-state index contributed by atoms with van der Waals surface area (Å²) in [4.78, 5) is 12.9. The maximum atomic E-state index is 5.51. The largest absolute Gasteiger partial charge is 0.381 e. The Hall–Kier alpha value is -1.30. The number of rotatable bonds is 4. The molecule has 0 aliphatic carbocycles. The molecule has 0 N–H and O–H groups in total. The van der Waals surface area contributed by atoms with Crippen LogP contribution >= 0.6 is 11.3 Å². The zero-order valence-corrected chi connectivity index (χ0v) is 14.9. The molecule has 2 aliphatic rings. The zero-order chi connectivity index (χ0) is 16.2. The third kappa shape index (κ3) is 3.85. The van der Waals surface area contributed by atoms with Gasteiger partial charge < -0.3 is 4.74 Å². The minimum Gasteiger partial charge on any atom is -0.381 e. The van der Waals surface area contributed by atoms with Crippen LogP contribution in [0.4, 0.5) is 0 Å². The van der Waals surface area contributed by atoms with E-state index in [2.05, 4.69) is 14.9 Å². The molecule has 24 heavy (non-hydrogen) atoms. The fraction of sp³-hybridized carbons (Fsp3) is 0.579. The summed E-state index contributed by atoms with van der Waals surface area (Å²) >= 11 is 1.78. The van der Waals surface area contributed by atoms with E-state index in [1.165, 1.54) is 43.6 Å². The molecule has 4 rings (SSSR count). The molecule has 128 valence electrons. The summed E-state index contributed by atoms with van der Waals surface area (Å²) < 4.78 is 5.51. The van der Waals surface area contributed by atoms with Crippen molar-refractivity contribution < 1.29 is 4.74 Å². The number of nitrogens with zero attached hydrogens (tertiary/aromatic N) is 3. The molecule has 2 fully saturated rings. The number of aromatic nitrogens is 2. The highest BCUT2D eigenvalue weighted by Gasteiger charge is 2.28. The van der Waals surface area contributed by atoms with Crippen molar-refractivity contribution in [3.05, 3.63) is 35.5 Å². The number of hydrogen-bond donors (Lipinski definition) is 0. The summed E-state index contributed by atoms with van der Waals surface area (Å²) in [5, 5.41) is 1.03. The van der Waals surface area contributed by atoms with Crippen molar-refractivity contribution in [2.24, 2.45) is 11.8 Å². The summed E-state index contributed by atoms with van der Waals surface area (Å²) in [6.45, 7) is 5.42. The molecule has 4 nitrogen and oxygen atoms in total. The summed E-state index contributed by atoms with van der Waals surface area (Å²) in [5.41, 5.74) is 0.979. The van der Waals surface area contributed by atoms with Crippen LogP contribution in [-0.4, -0.2) is 41.2 Å². The monoisotopic (exact) mass is 343 g/mol. The molecule has 2 aromatic rings. The fourth-order valence-corrected chi connectivity index (χ4v) is 4.91. The van der Waals surface area contributed by atoms with Gasteiger partial charge >= 0.3 is 0 Å². The molecule has 0 unspecified atom stereocenters. The molecule has 0 atom stereocenters. The van der Waals surface area contributed by atoms with E-state index in [1.54, 1.807) is 11.3 Å². The SMILES string of the molecule is c1ccc(-c2ncc(CN3CCC(C4CCOCC4)CC3)s2)nc1. The molecule has 0 spiro atoms. The van der Waals surface area contributed by atoms with Crippen molar-refractivity contribution >= 4 is 11.3 Å². The molecule has 0 aromatic carbocycles. The van der Waals surface area contributed by atoms with E-state index in [0.717, 1.165) is 42.3 Å². The van der Waals surface area contributed by atoms with Crippen molar-refractivity contribution in [1.29, 1.82) is 0 Å². The second-order valence-corrected chi connectivity index (χ2v) is 8.03. The summed E-state index contributed by atoms with van der Waals surface area (Å²) in [6, 6.07) is 5.99. The molecule has 0 radical (unpaired) electrons. The van der Waals surface area contributed by atoms with E-state index in [9.17, 15) is 0 Å². The third-order valence-electron chi connectivity index (χ3n) is 5.38. The molecule has 0 saturated carbocycles. The molecule has 2 saturated heterocycles. The van der Waals surface area contributed by atoms with E-state index >= 15 is 0 Å². The molecule has 0 amide bonds. The van der Waals surface area contributed by atoms with Crippen LogP contribution in [0, 0.1) is 11.8 Å². The van der Waals surface area contributed by atoms with Gasteiger partial charge in [0.1, 0.15) is 5.01 Å². The first-order valence-electron chi connectivity index (χ1n) is 9.05. The first kappa shape index (κ1) is 16.2. The molecule has 4 heterocycles. The van der Waals surface area contributed by atoms with Crippen molar-refractivity contribution in [3.63, 3.8) is 0 Å². The van der Waals surface area contributed by atoms with Crippen LogP contribution in [0.2, 0.25) is 0 Å². The van der Waals surface area contributed by atoms with Crippen LogP contribution in [0.25, 0.3) is 10.7 Å². The van der Waals surface area contributed by atoms with E-state index in [4.69, 9.17) is 4.74 Å². The van der Waals surface area contributed by atoms with E-state index in [0.29, 0.717) is 0 Å². The van der Waals surface area contributed by atoms with Crippen LogP contribution < -0.4 is 0 Å². The lowest BCUT2D eigenvalue weighted by Crippen LogP contribution is -2.36. The van der Waals surface area contributed by atoms with Crippen LogP contribution in [-0.2, 0) is 11.3 Å². The van der Waals surface area contributed by atoms with Gasteiger partial charge in [0.15, 0.2) is 0 Å². The number of thiazole rings is 1. The summed E-state index contributed by atoms with van der Waals surface area (Å²) in [6.07, 6.45) is 9.09. The number of hydrogen-bond acceptors (Lipinski definition) is 5. The van der Waals surface area contributed by atoms with Gasteiger partial charge in [-0.15, -0.1) is 11.3 Å². The van der Waals surface area contributed by atoms with Gasteiger partial charge in [-0.25, -0.2) is 4.98 Å². The van der Waals surface area contributed by atoms with E-state index < -0.39 is 0 Å². The van der Waals surface area contributed by atoms with Gasteiger partial charge in [0.2, 0.25) is 0 Å². The van der Waals surface area contributed by atoms with Crippen LogP contribution in [0.15, 0.2) is 30.6 Å². The average Bonchev–Trinajstić information content (AvgIpc) is 3.12. The number of ether oxygens (including phenoxy) is 1. The first-order valence-corrected chi connectivity index (χ1v) is 9.86. The quantitative estimate of drug-likeness (QED) is 0.845. The second kappa shape index (κ2) is 7.72. The van der Waals surface area contributed by atoms with Gasteiger partial charge in [0.05, 0.1) is 5.69 Å². The topological polar surface area (TPSA) is 38.2 Å². The Morgan fingerprint density at radius 3 is 2.58 bits per heavy atom. The maximum Gasteiger partial charge on any atom is 0.142 e. The van der Waals surface area contributed by atoms with Crippen molar-refractivity contribution in [2.45, 2.75) is 32.2 Å². The van der Waals surface area contributed by atoms with Crippen molar-refractivity contribution in [1.82, 2.24) is 14.9 Å².